The number of piperidine rings is 1. The number of aromatic nitrogens is 6. The highest BCUT2D eigenvalue weighted by Gasteiger charge is 2.22. The Morgan fingerprint density at radius 1 is 1.00 bits per heavy atom. The minimum absolute atomic E-state index is 0.0786. The number of para-hydroxylation sites is 1. The number of fused-ring (bicyclic) bond motifs is 1. The molecule has 0 N–H and O–H groups in total. The molecule has 1 saturated heterocycles. The summed E-state index contributed by atoms with van der Waals surface area (Å²) in [5.41, 5.74) is 0.885. The van der Waals surface area contributed by atoms with Crippen LogP contribution in [0.15, 0.2) is 66.0 Å². The predicted molar refractivity (Wildman–Crippen MR) is 110 cm³/mol. The van der Waals surface area contributed by atoms with Crippen molar-refractivity contribution in [3.63, 3.8) is 0 Å². The Kier molecular flexibility index (Phi) is 4.51. The molecule has 1 aromatic carbocycles. The third kappa shape index (κ3) is 3.49. The van der Waals surface area contributed by atoms with Gasteiger partial charge in [0, 0.05) is 43.5 Å². The summed E-state index contributed by atoms with van der Waals surface area (Å²) in [6.45, 7) is 2.42. The molecule has 0 unspecified atom stereocenters. The number of hydrogen-bond donors (Lipinski definition) is 0. The van der Waals surface area contributed by atoms with E-state index in [1.807, 2.05) is 30.5 Å². The van der Waals surface area contributed by atoms with Gasteiger partial charge in [-0.05, 0) is 43.0 Å². The van der Waals surface area contributed by atoms with Crippen LogP contribution in [0.25, 0.3) is 16.7 Å². The van der Waals surface area contributed by atoms with Crippen LogP contribution < -0.4 is 10.5 Å². The van der Waals surface area contributed by atoms with Crippen molar-refractivity contribution in [2.24, 2.45) is 5.92 Å². The Bertz CT molecular complexity index is 1170. The number of hydrogen-bond acceptors (Lipinski definition) is 6. The van der Waals surface area contributed by atoms with E-state index in [1.54, 1.807) is 34.0 Å². The number of anilines is 1. The zero-order valence-electron chi connectivity index (χ0n) is 15.9. The third-order valence-corrected chi connectivity index (χ3v) is 5.46. The van der Waals surface area contributed by atoms with Gasteiger partial charge in [0.1, 0.15) is 12.1 Å². The molecule has 0 spiro atoms. The van der Waals surface area contributed by atoms with Crippen LogP contribution in [0.1, 0.15) is 12.8 Å². The fourth-order valence-electron chi connectivity index (χ4n) is 3.91. The molecule has 4 heterocycles. The van der Waals surface area contributed by atoms with Gasteiger partial charge < -0.3 is 4.90 Å². The summed E-state index contributed by atoms with van der Waals surface area (Å²) in [5.74, 6) is 2.04. The van der Waals surface area contributed by atoms with Gasteiger partial charge in [-0.2, -0.15) is 5.10 Å². The second kappa shape index (κ2) is 7.46. The molecule has 1 fully saturated rings. The first-order chi connectivity index (χ1) is 14.3. The van der Waals surface area contributed by atoms with Crippen molar-refractivity contribution in [3.05, 3.63) is 71.5 Å². The largest absolute Gasteiger partial charge is 0.356 e. The molecule has 146 valence electrons. The lowest BCUT2D eigenvalue weighted by Gasteiger charge is -2.33. The molecule has 29 heavy (non-hydrogen) atoms. The Labute approximate surface area is 167 Å². The smallest absolute Gasteiger partial charge is 0.266 e. The molecule has 0 atom stereocenters. The Morgan fingerprint density at radius 3 is 2.69 bits per heavy atom. The average Bonchev–Trinajstić information content (AvgIpc) is 3.30. The topological polar surface area (TPSA) is 81.7 Å². The van der Waals surface area contributed by atoms with Crippen molar-refractivity contribution in [1.82, 2.24) is 29.5 Å². The van der Waals surface area contributed by atoms with Crippen LogP contribution in [0.4, 0.5) is 5.82 Å². The number of nitrogens with zero attached hydrogens (tertiary/aromatic N) is 7. The second-order valence-corrected chi connectivity index (χ2v) is 7.31. The summed E-state index contributed by atoms with van der Waals surface area (Å²) in [4.78, 5) is 23.5. The first-order valence-electron chi connectivity index (χ1n) is 9.81. The minimum Gasteiger partial charge on any atom is -0.356 e. The second-order valence-electron chi connectivity index (χ2n) is 7.31. The van der Waals surface area contributed by atoms with E-state index in [-0.39, 0.29) is 5.56 Å². The van der Waals surface area contributed by atoms with Gasteiger partial charge in [0.2, 0.25) is 0 Å². The van der Waals surface area contributed by atoms with E-state index in [0.29, 0.717) is 18.3 Å². The van der Waals surface area contributed by atoms with Crippen molar-refractivity contribution in [2.45, 2.75) is 19.4 Å². The molecular weight excluding hydrogens is 366 g/mol. The molecule has 0 radical (unpaired) electrons. The maximum atomic E-state index is 12.3. The van der Waals surface area contributed by atoms with Crippen LogP contribution in [0.5, 0.6) is 0 Å². The van der Waals surface area contributed by atoms with E-state index in [4.69, 9.17) is 0 Å². The molecule has 0 amide bonds. The zero-order chi connectivity index (χ0) is 19.6. The fourth-order valence-corrected chi connectivity index (χ4v) is 3.91. The first-order valence-corrected chi connectivity index (χ1v) is 9.81. The minimum atomic E-state index is -0.0786. The summed E-state index contributed by atoms with van der Waals surface area (Å²) in [6.07, 6.45) is 7.12. The van der Waals surface area contributed by atoms with Crippen molar-refractivity contribution in [2.75, 3.05) is 18.0 Å². The highest BCUT2D eigenvalue weighted by atomic mass is 16.1. The van der Waals surface area contributed by atoms with Crippen molar-refractivity contribution in [3.8, 4) is 5.82 Å². The normalized spacial score (nSPS) is 15.1. The van der Waals surface area contributed by atoms with Gasteiger partial charge in [0.25, 0.3) is 5.56 Å². The van der Waals surface area contributed by atoms with E-state index in [9.17, 15) is 4.79 Å². The molecule has 1 aliphatic rings. The SMILES string of the molecule is O=c1ccc(-n2cccn2)nn1CC1CCN(c2ncnc3ccccc23)CC1. The quantitative estimate of drug-likeness (QED) is 0.534. The molecule has 5 rings (SSSR count). The zero-order valence-corrected chi connectivity index (χ0v) is 15.9. The molecule has 0 saturated carbocycles. The van der Waals surface area contributed by atoms with Gasteiger partial charge in [0.15, 0.2) is 5.82 Å². The summed E-state index contributed by atoms with van der Waals surface area (Å²) in [6, 6.07) is 13.2. The maximum Gasteiger partial charge on any atom is 0.266 e. The highest BCUT2D eigenvalue weighted by Crippen LogP contribution is 2.27. The van der Waals surface area contributed by atoms with Crippen LogP contribution >= 0.6 is 0 Å². The lowest BCUT2D eigenvalue weighted by molar-refractivity contribution is 0.334. The lowest BCUT2D eigenvalue weighted by atomic mass is 9.96. The fraction of sp³-hybridized carbons (Fsp3) is 0.286. The summed E-state index contributed by atoms with van der Waals surface area (Å²) >= 11 is 0. The molecule has 0 bridgehead atoms. The molecular formula is C21H21N7O. The lowest BCUT2D eigenvalue weighted by Crippen LogP contribution is -2.37. The Morgan fingerprint density at radius 2 is 1.86 bits per heavy atom. The van der Waals surface area contributed by atoms with Crippen LogP contribution in [-0.2, 0) is 6.54 Å². The predicted octanol–water partition coefficient (Wildman–Crippen LogP) is 2.29. The first kappa shape index (κ1) is 17.5. The van der Waals surface area contributed by atoms with Gasteiger partial charge in [-0.15, -0.1) is 5.10 Å². The van der Waals surface area contributed by atoms with E-state index in [0.717, 1.165) is 42.7 Å². The summed E-state index contributed by atoms with van der Waals surface area (Å²) < 4.78 is 3.23. The van der Waals surface area contributed by atoms with Crippen molar-refractivity contribution in [1.29, 1.82) is 0 Å². The molecule has 8 nitrogen and oxygen atoms in total. The molecule has 8 heteroatoms. The van der Waals surface area contributed by atoms with Gasteiger partial charge in [-0.1, -0.05) is 12.1 Å². The standard InChI is InChI=1S/C21H21N7O/c29-20-7-6-19(27-11-3-10-24-27)25-28(20)14-16-8-12-26(13-9-16)21-17-4-1-2-5-18(17)22-15-23-21/h1-7,10-11,15-16H,8-9,12-14H2. The Balaban J connectivity index is 1.30. The maximum absolute atomic E-state index is 12.3. The van der Waals surface area contributed by atoms with Gasteiger partial charge in [0.05, 0.1) is 5.52 Å². The van der Waals surface area contributed by atoms with Crippen LogP contribution in [0.2, 0.25) is 0 Å². The number of benzene rings is 1. The summed E-state index contributed by atoms with van der Waals surface area (Å²) in [7, 11) is 0. The van der Waals surface area contributed by atoms with E-state index >= 15 is 0 Å². The third-order valence-electron chi connectivity index (χ3n) is 5.46. The molecule has 3 aromatic heterocycles. The van der Waals surface area contributed by atoms with E-state index in [1.165, 1.54) is 0 Å². The van der Waals surface area contributed by atoms with Gasteiger partial charge >= 0.3 is 0 Å². The number of rotatable bonds is 4. The molecule has 0 aliphatic carbocycles. The van der Waals surface area contributed by atoms with Crippen molar-refractivity contribution < 1.29 is 0 Å². The highest BCUT2D eigenvalue weighted by molar-refractivity contribution is 5.89. The monoisotopic (exact) mass is 387 g/mol. The average molecular weight is 387 g/mol. The van der Waals surface area contributed by atoms with Crippen LogP contribution in [0.3, 0.4) is 0 Å². The van der Waals surface area contributed by atoms with Crippen molar-refractivity contribution >= 4 is 16.7 Å². The van der Waals surface area contributed by atoms with E-state index < -0.39 is 0 Å². The van der Waals surface area contributed by atoms with Gasteiger partial charge in [-0.25, -0.2) is 19.3 Å². The van der Waals surface area contributed by atoms with E-state index in [2.05, 4.69) is 31.1 Å². The molecule has 4 aromatic rings. The van der Waals surface area contributed by atoms with Crippen LogP contribution in [0, 0.1) is 5.92 Å². The Hall–Kier alpha value is -3.55. The summed E-state index contributed by atoms with van der Waals surface area (Å²) in [5, 5.41) is 9.77. The van der Waals surface area contributed by atoms with Gasteiger partial charge in [-0.3, -0.25) is 4.79 Å². The molecule has 1 aliphatic heterocycles. The van der Waals surface area contributed by atoms with Crippen LogP contribution in [-0.4, -0.2) is 42.6 Å².